The second kappa shape index (κ2) is 9.48. The number of para-hydroxylation sites is 1. The molecular formula is C19H27N5O3. The van der Waals surface area contributed by atoms with Gasteiger partial charge < -0.3 is 14.4 Å². The van der Waals surface area contributed by atoms with Crippen LogP contribution in [-0.4, -0.2) is 83.7 Å². The summed E-state index contributed by atoms with van der Waals surface area (Å²) in [4.78, 5) is 17.0. The Kier molecular flexibility index (Phi) is 6.78. The summed E-state index contributed by atoms with van der Waals surface area (Å²) in [6, 6.07) is 7.54. The number of benzene rings is 1. The monoisotopic (exact) mass is 373 g/mol. The third-order valence-corrected chi connectivity index (χ3v) is 4.74. The van der Waals surface area contributed by atoms with Gasteiger partial charge in [0.2, 0.25) is 0 Å². The molecule has 1 N–H and O–H groups in total. The topological polar surface area (TPSA) is 83.6 Å². The molecule has 0 spiro atoms. The smallest absolute Gasteiger partial charge is 0.361 e. The van der Waals surface area contributed by atoms with Gasteiger partial charge in [0.05, 0.1) is 6.61 Å². The number of rotatable bonds is 8. The molecule has 0 saturated carbocycles. The molecule has 1 saturated heterocycles. The lowest BCUT2D eigenvalue weighted by molar-refractivity contribution is 0.0520. The highest BCUT2D eigenvalue weighted by molar-refractivity contribution is 5.94. The maximum absolute atomic E-state index is 12.1. The molecule has 3 rings (SSSR count). The van der Waals surface area contributed by atoms with E-state index in [1.54, 1.807) is 6.92 Å². The van der Waals surface area contributed by atoms with Gasteiger partial charge in [-0.05, 0) is 25.6 Å². The Morgan fingerprint density at radius 3 is 2.59 bits per heavy atom. The lowest BCUT2D eigenvalue weighted by atomic mass is 10.1. The van der Waals surface area contributed by atoms with Gasteiger partial charge in [-0.25, -0.2) is 4.79 Å². The quantitative estimate of drug-likeness (QED) is 0.705. The van der Waals surface area contributed by atoms with Crippen LogP contribution < -0.4 is 4.74 Å². The standard InChI is InChI=1S/C19H27N5O3/c1-3-23-9-11-24(12-10-23)13-14-27-16-8-6-5-7-15(16)17-18(21-22-20-17)19(25)26-4-2/h5-8H,3-4,9-14H2,1-2H3,(H,20,21,22). The van der Waals surface area contributed by atoms with Crippen LogP contribution in [0, 0.1) is 0 Å². The molecule has 1 aromatic heterocycles. The molecule has 27 heavy (non-hydrogen) atoms. The molecule has 8 nitrogen and oxygen atoms in total. The Bertz CT molecular complexity index is 740. The Labute approximate surface area is 159 Å². The van der Waals surface area contributed by atoms with Crippen LogP contribution in [0.4, 0.5) is 0 Å². The number of aromatic nitrogens is 3. The van der Waals surface area contributed by atoms with Gasteiger partial charge in [0.1, 0.15) is 18.1 Å². The number of ether oxygens (including phenoxy) is 2. The molecular weight excluding hydrogens is 346 g/mol. The van der Waals surface area contributed by atoms with Crippen LogP contribution in [0.25, 0.3) is 11.3 Å². The number of piperazine rings is 1. The molecule has 0 bridgehead atoms. The molecule has 0 aliphatic carbocycles. The summed E-state index contributed by atoms with van der Waals surface area (Å²) in [5.74, 6) is 0.189. The first kappa shape index (κ1) is 19.3. The van der Waals surface area contributed by atoms with Gasteiger partial charge in [0.25, 0.3) is 0 Å². The zero-order valence-electron chi connectivity index (χ0n) is 16.0. The fourth-order valence-electron chi connectivity index (χ4n) is 3.16. The van der Waals surface area contributed by atoms with Crippen molar-refractivity contribution >= 4 is 5.97 Å². The summed E-state index contributed by atoms with van der Waals surface area (Å²) in [7, 11) is 0. The number of hydrogen-bond acceptors (Lipinski definition) is 7. The Hall–Kier alpha value is -2.45. The minimum atomic E-state index is -0.496. The summed E-state index contributed by atoms with van der Waals surface area (Å²) in [5.41, 5.74) is 1.34. The summed E-state index contributed by atoms with van der Waals surface area (Å²) < 4.78 is 11.1. The maximum atomic E-state index is 12.1. The van der Waals surface area contributed by atoms with E-state index in [1.165, 1.54) is 0 Å². The van der Waals surface area contributed by atoms with E-state index in [9.17, 15) is 4.79 Å². The molecule has 0 amide bonds. The van der Waals surface area contributed by atoms with E-state index in [4.69, 9.17) is 9.47 Å². The normalized spacial score (nSPS) is 15.6. The largest absolute Gasteiger partial charge is 0.492 e. The van der Waals surface area contributed by atoms with Crippen molar-refractivity contribution in [1.82, 2.24) is 25.2 Å². The second-order valence-corrected chi connectivity index (χ2v) is 6.36. The molecule has 0 atom stereocenters. The molecule has 1 fully saturated rings. The molecule has 1 aromatic carbocycles. The summed E-state index contributed by atoms with van der Waals surface area (Å²) in [6.45, 7) is 11.1. The minimum absolute atomic E-state index is 0.170. The van der Waals surface area contributed by atoms with Crippen LogP contribution >= 0.6 is 0 Å². The van der Waals surface area contributed by atoms with Crippen molar-refractivity contribution < 1.29 is 14.3 Å². The van der Waals surface area contributed by atoms with Crippen molar-refractivity contribution in [2.24, 2.45) is 0 Å². The van der Waals surface area contributed by atoms with E-state index in [1.807, 2.05) is 24.3 Å². The van der Waals surface area contributed by atoms with Gasteiger partial charge >= 0.3 is 5.97 Å². The van der Waals surface area contributed by atoms with Gasteiger partial charge in [0, 0.05) is 38.3 Å². The fraction of sp³-hybridized carbons (Fsp3) is 0.526. The third-order valence-electron chi connectivity index (χ3n) is 4.74. The van der Waals surface area contributed by atoms with Crippen LogP contribution in [-0.2, 0) is 4.74 Å². The number of nitrogens with zero attached hydrogens (tertiary/aromatic N) is 4. The molecule has 0 radical (unpaired) electrons. The molecule has 8 heteroatoms. The zero-order chi connectivity index (χ0) is 19.1. The predicted molar refractivity (Wildman–Crippen MR) is 102 cm³/mol. The molecule has 0 unspecified atom stereocenters. The highest BCUT2D eigenvalue weighted by atomic mass is 16.5. The van der Waals surface area contributed by atoms with Crippen LogP contribution in [0.3, 0.4) is 0 Å². The summed E-state index contributed by atoms with van der Waals surface area (Å²) >= 11 is 0. The summed E-state index contributed by atoms with van der Waals surface area (Å²) in [5, 5.41) is 10.6. The fourth-order valence-corrected chi connectivity index (χ4v) is 3.16. The number of carbonyl (C=O) groups is 1. The maximum Gasteiger partial charge on any atom is 0.361 e. The average molecular weight is 373 g/mol. The van der Waals surface area contributed by atoms with Gasteiger partial charge in [-0.3, -0.25) is 4.90 Å². The Balaban J connectivity index is 1.64. The summed E-state index contributed by atoms with van der Waals surface area (Å²) in [6.07, 6.45) is 0. The lowest BCUT2D eigenvalue weighted by Crippen LogP contribution is -2.47. The van der Waals surface area contributed by atoms with Crippen LogP contribution in [0.5, 0.6) is 5.75 Å². The van der Waals surface area contributed by atoms with E-state index in [-0.39, 0.29) is 12.3 Å². The van der Waals surface area contributed by atoms with E-state index in [0.29, 0.717) is 18.1 Å². The van der Waals surface area contributed by atoms with E-state index < -0.39 is 5.97 Å². The van der Waals surface area contributed by atoms with Crippen molar-refractivity contribution in [3.05, 3.63) is 30.0 Å². The number of hydrogen-bond donors (Lipinski definition) is 1. The molecule has 2 heterocycles. The molecule has 146 valence electrons. The Morgan fingerprint density at radius 2 is 1.85 bits per heavy atom. The van der Waals surface area contributed by atoms with Crippen molar-refractivity contribution in [1.29, 1.82) is 0 Å². The molecule has 2 aromatic rings. The van der Waals surface area contributed by atoms with E-state index in [0.717, 1.165) is 44.8 Å². The van der Waals surface area contributed by atoms with Crippen molar-refractivity contribution in [3.63, 3.8) is 0 Å². The second-order valence-electron chi connectivity index (χ2n) is 6.36. The number of H-pyrrole nitrogens is 1. The predicted octanol–water partition coefficient (Wildman–Crippen LogP) is 1.66. The number of nitrogens with one attached hydrogen (secondary N) is 1. The van der Waals surface area contributed by atoms with Crippen LogP contribution in [0.15, 0.2) is 24.3 Å². The van der Waals surface area contributed by atoms with Crippen molar-refractivity contribution in [2.45, 2.75) is 13.8 Å². The lowest BCUT2D eigenvalue weighted by Gasteiger charge is -2.33. The average Bonchev–Trinajstić information content (AvgIpc) is 3.19. The number of likely N-dealkylation sites (N-methyl/N-ethyl adjacent to an activating group) is 1. The van der Waals surface area contributed by atoms with Gasteiger partial charge in [-0.2, -0.15) is 10.3 Å². The highest BCUT2D eigenvalue weighted by Crippen LogP contribution is 2.30. The van der Waals surface area contributed by atoms with Crippen molar-refractivity contribution in [3.8, 4) is 17.0 Å². The minimum Gasteiger partial charge on any atom is -0.492 e. The number of esters is 1. The van der Waals surface area contributed by atoms with Crippen LogP contribution in [0.1, 0.15) is 24.3 Å². The zero-order valence-corrected chi connectivity index (χ0v) is 16.0. The highest BCUT2D eigenvalue weighted by Gasteiger charge is 2.22. The van der Waals surface area contributed by atoms with Crippen LogP contribution in [0.2, 0.25) is 0 Å². The Morgan fingerprint density at radius 1 is 1.11 bits per heavy atom. The van der Waals surface area contributed by atoms with Gasteiger partial charge in [-0.15, -0.1) is 5.10 Å². The van der Waals surface area contributed by atoms with E-state index >= 15 is 0 Å². The van der Waals surface area contributed by atoms with E-state index in [2.05, 4.69) is 32.1 Å². The first-order valence-corrected chi connectivity index (χ1v) is 9.47. The van der Waals surface area contributed by atoms with Gasteiger partial charge in [-0.1, -0.05) is 19.1 Å². The molecule has 1 aliphatic heterocycles. The first-order valence-electron chi connectivity index (χ1n) is 9.47. The molecule has 1 aliphatic rings. The number of carbonyl (C=O) groups excluding carboxylic acids is 1. The van der Waals surface area contributed by atoms with Crippen molar-refractivity contribution in [2.75, 3.05) is 52.5 Å². The first-order chi connectivity index (χ1) is 13.2. The third kappa shape index (κ3) is 4.84. The van der Waals surface area contributed by atoms with Gasteiger partial charge in [0.15, 0.2) is 5.69 Å². The SMILES string of the molecule is CCOC(=O)c1n[nH]nc1-c1ccccc1OCCN1CCN(CC)CC1. The number of aromatic amines is 1.